The third kappa shape index (κ3) is 5.84. The van der Waals surface area contributed by atoms with Crippen molar-refractivity contribution in [1.29, 1.82) is 0 Å². The van der Waals surface area contributed by atoms with Crippen LogP contribution in [-0.4, -0.2) is 66.8 Å². The highest BCUT2D eigenvalue weighted by Crippen LogP contribution is 2.40. The van der Waals surface area contributed by atoms with Gasteiger partial charge in [-0.05, 0) is 68.0 Å². The first-order chi connectivity index (χ1) is 18.9. The van der Waals surface area contributed by atoms with Crippen LogP contribution < -0.4 is 15.2 Å². The molecule has 0 spiro atoms. The van der Waals surface area contributed by atoms with Gasteiger partial charge in [-0.15, -0.1) is 0 Å². The summed E-state index contributed by atoms with van der Waals surface area (Å²) in [5, 5.41) is 6.75. The van der Waals surface area contributed by atoms with E-state index in [1.54, 1.807) is 19.2 Å². The molecule has 2 heterocycles. The van der Waals surface area contributed by atoms with E-state index >= 15 is 0 Å². The van der Waals surface area contributed by atoms with Gasteiger partial charge in [0.25, 0.3) is 0 Å². The molecule has 2 N–H and O–H groups in total. The molecule has 1 saturated carbocycles. The third-order valence-corrected chi connectivity index (χ3v) is 8.89. The Hall–Kier alpha value is -2.91. The zero-order valence-corrected chi connectivity index (χ0v) is 24.2. The molecule has 208 valence electrons. The summed E-state index contributed by atoms with van der Waals surface area (Å²) in [6.07, 6.45) is 5.87. The minimum absolute atomic E-state index is 0.0387. The number of carbonyl (C=O) groups is 2. The van der Waals surface area contributed by atoms with E-state index in [-0.39, 0.29) is 29.7 Å². The fraction of sp³-hybridized carbons (Fsp3) is 0.500. The number of fused-ring (bicyclic) bond motifs is 1. The molecule has 1 saturated heterocycles. The van der Waals surface area contributed by atoms with Crippen LogP contribution in [0.4, 0.5) is 0 Å². The summed E-state index contributed by atoms with van der Waals surface area (Å²) in [5.74, 6) is 1.46. The van der Waals surface area contributed by atoms with Crippen LogP contribution in [0.2, 0.25) is 0 Å². The first-order valence-corrected chi connectivity index (χ1v) is 14.6. The number of hydrogen-bond donors (Lipinski definition) is 1. The number of benzene rings is 2. The van der Waals surface area contributed by atoms with E-state index in [9.17, 15) is 9.59 Å². The molecule has 2 aliphatic heterocycles. The molecule has 1 aliphatic carbocycles. The molecule has 5 rings (SSSR count). The Kier molecular flexibility index (Phi) is 8.57. The molecule has 0 radical (unpaired) electrons. The fourth-order valence-electron chi connectivity index (χ4n) is 6.22. The molecule has 9 heteroatoms. The summed E-state index contributed by atoms with van der Waals surface area (Å²) < 4.78 is 12.0. The smallest absolute Gasteiger partial charge is 0.246 e. The molecule has 0 bridgehead atoms. The summed E-state index contributed by atoms with van der Waals surface area (Å²) >= 11 is 3.44. The number of methoxy groups -OCH3 is 2. The number of halogens is 1. The van der Waals surface area contributed by atoms with Crippen LogP contribution in [0, 0.1) is 11.8 Å². The van der Waals surface area contributed by atoms with Gasteiger partial charge in [-0.1, -0.05) is 40.9 Å². The van der Waals surface area contributed by atoms with Crippen molar-refractivity contribution in [3.63, 3.8) is 0 Å². The van der Waals surface area contributed by atoms with Gasteiger partial charge < -0.3 is 20.1 Å². The lowest BCUT2D eigenvalue weighted by Gasteiger charge is -2.43. The average Bonchev–Trinajstić information content (AvgIpc) is 2.98. The number of carbonyl (C=O) groups excluding carboxylic acids is 2. The SMILES string of the molecule is COc1ccc(C2=NN(C3CCN(C(=O)[C@H](N)Cc4ccc(Br)cc4)CC3)C(=O)[C@@H]3CCCC[C@H]23)cc1OC. The average molecular weight is 598 g/mol. The van der Waals surface area contributed by atoms with Crippen molar-refractivity contribution < 1.29 is 19.1 Å². The number of nitrogens with zero attached hydrogens (tertiary/aromatic N) is 3. The maximum Gasteiger partial charge on any atom is 0.246 e. The molecule has 3 aliphatic rings. The van der Waals surface area contributed by atoms with E-state index in [4.69, 9.17) is 20.3 Å². The van der Waals surface area contributed by atoms with E-state index in [0.29, 0.717) is 43.9 Å². The Morgan fingerprint density at radius 1 is 1.00 bits per heavy atom. The Morgan fingerprint density at radius 3 is 2.33 bits per heavy atom. The molecule has 8 nitrogen and oxygen atoms in total. The maximum atomic E-state index is 13.7. The van der Waals surface area contributed by atoms with Crippen molar-refractivity contribution in [2.24, 2.45) is 22.7 Å². The summed E-state index contributed by atoms with van der Waals surface area (Å²) in [4.78, 5) is 28.6. The monoisotopic (exact) mass is 596 g/mol. The van der Waals surface area contributed by atoms with Crippen molar-refractivity contribution in [1.82, 2.24) is 9.91 Å². The van der Waals surface area contributed by atoms with Crippen molar-refractivity contribution in [2.45, 2.75) is 57.0 Å². The first kappa shape index (κ1) is 27.6. The van der Waals surface area contributed by atoms with Crippen molar-refractivity contribution in [2.75, 3.05) is 27.3 Å². The predicted octanol–water partition coefficient (Wildman–Crippen LogP) is 4.38. The quantitative estimate of drug-likeness (QED) is 0.511. The van der Waals surface area contributed by atoms with Gasteiger partial charge in [-0.25, -0.2) is 5.01 Å². The van der Waals surface area contributed by atoms with Crippen LogP contribution in [0.15, 0.2) is 52.0 Å². The highest BCUT2D eigenvalue weighted by molar-refractivity contribution is 9.10. The van der Waals surface area contributed by atoms with Gasteiger partial charge in [0, 0.05) is 35.0 Å². The minimum Gasteiger partial charge on any atom is -0.493 e. The summed E-state index contributed by atoms with van der Waals surface area (Å²) in [6, 6.07) is 13.1. The van der Waals surface area contributed by atoms with E-state index in [2.05, 4.69) is 15.9 Å². The summed E-state index contributed by atoms with van der Waals surface area (Å²) in [5.41, 5.74) is 9.26. The lowest BCUT2D eigenvalue weighted by Crippen LogP contribution is -2.54. The molecule has 2 amide bonds. The van der Waals surface area contributed by atoms with E-state index < -0.39 is 6.04 Å². The Balaban J connectivity index is 1.31. The zero-order chi connectivity index (χ0) is 27.5. The van der Waals surface area contributed by atoms with Gasteiger partial charge in [-0.3, -0.25) is 9.59 Å². The highest BCUT2D eigenvalue weighted by atomic mass is 79.9. The first-order valence-electron chi connectivity index (χ1n) is 13.8. The normalized spacial score (nSPS) is 22.7. The number of amides is 2. The van der Waals surface area contributed by atoms with Crippen molar-refractivity contribution in [3.8, 4) is 11.5 Å². The second kappa shape index (κ2) is 12.1. The fourth-order valence-corrected chi connectivity index (χ4v) is 6.48. The summed E-state index contributed by atoms with van der Waals surface area (Å²) in [7, 11) is 3.25. The van der Waals surface area contributed by atoms with E-state index in [1.165, 1.54) is 0 Å². The Bertz CT molecular complexity index is 1230. The van der Waals surface area contributed by atoms with Crippen molar-refractivity contribution >= 4 is 33.5 Å². The van der Waals surface area contributed by atoms with E-state index in [1.807, 2.05) is 47.4 Å². The highest BCUT2D eigenvalue weighted by Gasteiger charge is 2.44. The number of nitrogens with two attached hydrogens (primary N) is 1. The van der Waals surface area contributed by atoms with Gasteiger partial charge in [0.15, 0.2) is 11.5 Å². The number of ether oxygens (including phenoxy) is 2. The molecule has 0 unspecified atom stereocenters. The largest absolute Gasteiger partial charge is 0.493 e. The molecule has 3 atom stereocenters. The van der Waals surface area contributed by atoms with Crippen molar-refractivity contribution in [3.05, 3.63) is 58.1 Å². The number of likely N-dealkylation sites (tertiary alicyclic amines) is 1. The molecular formula is C30H37BrN4O4. The Morgan fingerprint density at radius 2 is 1.67 bits per heavy atom. The number of hydrazone groups is 1. The van der Waals surface area contributed by atoms with Gasteiger partial charge in [-0.2, -0.15) is 5.10 Å². The lowest BCUT2D eigenvalue weighted by molar-refractivity contribution is -0.143. The van der Waals surface area contributed by atoms with Crippen LogP contribution >= 0.6 is 15.9 Å². The predicted molar refractivity (Wildman–Crippen MR) is 154 cm³/mol. The molecule has 0 aromatic heterocycles. The lowest BCUT2D eigenvalue weighted by atomic mass is 9.73. The minimum atomic E-state index is -0.586. The van der Waals surface area contributed by atoms with Crippen LogP contribution in [0.3, 0.4) is 0 Å². The topological polar surface area (TPSA) is 97.5 Å². The zero-order valence-electron chi connectivity index (χ0n) is 22.6. The van der Waals surface area contributed by atoms with Crippen LogP contribution in [0.25, 0.3) is 0 Å². The third-order valence-electron chi connectivity index (χ3n) is 8.36. The summed E-state index contributed by atoms with van der Waals surface area (Å²) in [6.45, 7) is 1.13. The second-order valence-electron chi connectivity index (χ2n) is 10.7. The number of rotatable bonds is 7. The van der Waals surface area contributed by atoms with Gasteiger partial charge in [0.05, 0.1) is 32.0 Å². The van der Waals surface area contributed by atoms with Gasteiger partial charge >= 0.3 is 0 Å². The van der Waals surface area contributed by atoms with E-state index in [0.717, 1.165) is 47.0 Å². The van der Waals surface area contributed by atoms with Crippen LogP contribution in [0.5, 0.6) is 11.5 Å². The van der Waals surface area contributed by atoms with Gasteiger partial charge in [0.2, 0.25) is 11.8 Å². The molecule has 39 heavy (non-hydrogen) atoms. The molecule has 2 aromatic carbocycles. The molecular weight excluding hydrogens is 560 g/mol. The maximum absolute atomic E-state index is 13.7. The van der Waals surface area contributed by atoms with Crippen LogP contribution in [-0.2, 0) is 16.0 Å². The Labute approximate surface area is 238 Å². The van der Waals surface area contributed by atoms with Gasteiger partial charge in [0.1, 0.15) is 0 Å². The number of piperidine rings is 1. The number of hydrogen-bond acceptors (Lipinski definition) is 6. The molecule has 2 aromatic rings. The van der Waals surface area contributed by atoms with Crippen LogP contribution in [0.1, 0.15) is 49.7 Å². The second-order valence-corrected chi connectivity index (χ2v) is 11.6. The standard InChI is InChI=1S/C30H37BrN4O4/c1-38-26-12-9-20(18-27(26)39-2)28-23-5-3-4-6-24(23)29(36)35(33-28)22-13-15-34(16-14-22)30(37)25(32)17-19-7-10-21(31)11-8-19/h7-12,18,22-25H,3-6,13-17,32H2,1-2H3/t23-,24+,25+/m0/s1. The molecule has 2 fully saturated rings.